The molecule has 22 heavy (non-hydrogen) atoms. The van der Waals surface area contributed by atoms with E-state index in [2.05, 4.69) is 17.1 Å². The largest absolute Gasteiger partial charge is 0.493 e. The molecule has 0 unspecified atom stereocenters. The first-order valence-electron chi connectivity index (χ1n) is 7.23. The number of hydrogen-bond acceptors (Lipinski definition) is 5. The lowest BCUT2D eigenvalue weighted by atomic mass is 10.1. The Morgan fingerprint density at radius 1 is 1.55 bits per heavy atom. The number of hydrogen-bond donors (Lipinski definition) is 2. The molecular weight excluding hydrogens is 306 g/mol. The van der Waals surface area contributed by atoms with E-state index < -0.39 is 5.91 Å². The zero-order chi connectivity index (χ0) is 16.1. The van der Waals surface area contributed by atoms with Crippen molar-refractivity contribution in [2.75, 3.05) is 33.4 Å². The van der Waals surface area contributed by atoms with Crippen molar-refractivity contribution >= 4 is 17.5 Å². The normalized spacial score (nSPS) is 19.0. The summed E-state index contributed by atoms with van der Waals surface area (Å²) < 4.78 is 10.6. The van der Waals surface area contributed by atoms with Crippen LogP contribution in [0.25, 0.3) is 0 Å². The van der Waals surface area contributed by atoms with E-state index in [1.807, 2.05) is 12.1 Å². The van der Waals surface area contributed by atoms with Gasteiger partial charge in [-0.2, -0.15) is 0 Å². The van der Waals surface area contributed by atoms with Crippen LogP contribution in [-0.4, -0.2) is 50.2 Å². The van der Waals surface area contributed by atoms with Crippen molar-refractivity contribution in [1.82, 2.24) is 10.2 Å². The van der Waals surface area contributed by atoms with E-state index in [4.69, 9.17) is 26.8 Å². The summed E-state index contributed by atoms with van der Waals surface area (Å²) in [5.74, 6) is 0.296. The highest BCUT2D eigenvalue weighted by Crippen LogP contribution is 2.36. The van der Waals surface area contributed by atoms with Gasteiger partial charge in [-0.15, -0.1) is 0 Å². The number of carbonyl (C=O) groups is 1. The van der Waals surface area contributed by atoms with Crippen LogP contribution in [0.15, 0.2) is 12.1 Å². The van der Waals surface area contributed by atoms with Gasteiger partial charge in [-0.25, -0.2) is 0 Å². The molecule has 1 amide bonds. The van der Waals surface area contributed by atoms with Gasteiger partial charge in [-0.1, -0.05) is 11.6 Å². The van der Waals surface area contributed by atoms with Crippen LogP contribution in [0.4, 0.5) is 0 Å². The standard InChI is InChI=1S/C15H22ClN3O3/c1-10-7-19(4-3-18-10)8-11-5-12(16)15(13(6-11)21-2)22-9-14(17)20/h5-6,10,18H,3-4,7-9H2,1-2H3,(H2,17,20)/t10-/m0/s1. The molecule has 1 aromatic carbocycles. The Hall–Kier alpha value is -1.50. The molecule has 0 spiro atoms. The fraction of sp³-hybridized carbons (Fsp3) is 0.533. The SMILES string of the molecule is COc1cc(CN2CCN[C@@H](C)C2)cc(Cl)c1OCC(N)=O. The molecule has 1 saturated heterocycles. The van der Waals surface area contributed by atoms with Crippen LogP contribution in [0.2, 0.25) is 5.02 Å². The first-order chi connectivity index (χ1) is 10.5. The van der Waals surface area contributed by atoms with Crippen LogP contribution in [0.1, 0.15) is 12.5 Å². The van der Waals surface area contributed by atoms with Gasteiger partial charge in [-0.05, 0) is 24.6 Å². The van der Waals surface area contributed by atoms with Crippen LogP contribution >= 0.6 is 11.6 Å². The molecule has 1 heterocycles. The van der Waals surface area contributed by atoms with Gasteiger partial charge in [0.1, 0.15) is 0 Å². The molecule has 1 aliphatic heterocycles. The molecule has 0 saturated carbocycles. The molecular formula is C15H22ClN3O3. The number of rotatable bonds is 6. The summed E-state index contributed by atoms with van der Waals surface area (Å²) in [5, 5.41) is 3.83. The zero-order valence-corrected chi connectivity index (χ0v) is 13.7. The van der Waals surface area contributed by atoms with E-state index in [0.29, 0.717) is 22.6 Å². The quantitative estimate of drug-likeness (QED) is 0.815. The summed E-state index contributed by atoms with van der Waals surface area (Å²) in [6.07, 6.45) is 0. The average molecular weight is 328 g/mol. The third-order valence-corrected chi connectivity index (χ3v) is 3.79. The Bertz CT molecular complexity index is 539. The molecule has 1 aliphatic rings. The smallest absolute Gasteiger partial charge is 0.255 e. The first-order valence-corrected chi connectivity index (χ1v) is 7.60. The van der Waals surface area contributed by atoms with Crippen LogP contribution in [0.5, 0.6) is 11.5 Å². The number of piperazine rings is 1. The van der Waals surface area contributed by atoms with Crippen LogP contribution in [0, 0.1) is 0 Å². The number of methoxy groups -OCH3 is 1. The van der Waals surface area contributed by atoms with E-state index in [-0.39, 0.29) is 6.61 Å². The minimum atomic E-state index is -0.558. The van der Waals surface area contributed by atoms with Crippen LogP contribution in [-0.2, 0) is 11.3 Å². The average Bonchev–Trinajstić information content (AvgIpc) is 2.45. The molecule has 1 aromatic rings. The van der Waals surface area contributed by atoms with Crippen molar-refractivity contribution in [3.63, 3.8) is 0 Å². The Kier molecular flexibility index (Phi) is 5.88. The molecule has 3 N–H and O–H groups in total. The number of carbonyl (C=O) groups excluding carboxylic acids is 1. The molecule has 122 valence electrons. The summed E-state index contributed by atoms with van der Waals surface area (Å²) in [7, 11) is 1.54. The van der Waals surface area contributed by atoms with Crippen LogP contribution < -0.4 is 20.5 Å². The van der Waals surface area contributed by atoms with E-state index in [1.54, 1.807) is 7.11 Å². The fourth-order valence-corrected chi connectivity index (χ4v) is 2.85. The monoisotopic (exact) mass is 327 g/mol. The summed E-state index contributed by atoms with van der Waals surface area (Å²) >= 11 is 6.26. The number of nitrogens with one attached hydrogen (secondary N) is 1. The lowest BCUT2D eigenvalue weighted by molar-refractivity contribution is -0.119. The molecule has 1 atom stereocenters. The maximum atomic E-state index is 10.8. The van der Waals surface area contributed by atoms with Gasteiger partial charge in [0.05, 0.1) is 12.1 Å². The minimum absolute atomic E-state index is 0.231. The van der Waals surface area contributed by atoms with Gasteiger partial charge in [0.25, 0.3) is 5.91 Å². The highest BCUT2D eigenvalue weighted by atomic mass is 35.5. The lowest BCUT2D eigenvalue weighted by Gasteiger charge is -2.32. The molecule has 0 aliphatic carbocycles. The minimum Gasteiger partial charge on any atom is -0.493 e. The van der Waals surface area contributed by atoms with Crippen molar-refractivity contribution in [2.24, 2.45) is 5.73 Å². The number of primary amides is 1. The predicted molar refractivity (Wildman–Crippen MR) is 85.4 cm³/mol. The zero-order valence-electron chi connectivity index (χ0n) is 12.9. The summed E-state index contributed by atoms with van der Waals surface area (Å²) in [5.41, 5.74) is 6.13. The lowest BCUT2D eigenvalue weighted by Crippen LogP contribution is -2.48. The van der Waals surface area contributed by atoms with E-state index in [0.717, 1.165) is 31.7 Å². The summed E-state index contributed by atoms with van der Waals surface area (Å²) in [4.78, 5) is 13.2. The third-order valence-electron chi connectivity index (χ3n) is 3.51. The second kappa shape index (κ2) is 7.67. The fourth-order valence-electron chi connectivity index (χ4n) is 2.56. The number of nitrogens with zero attached hydrogens (tertiary/aromatic N) is 1. The van der Waals surface area contributed by atoms with Crippen molar-refractivity contribution in [2.45, 2.75) is 19.5 Å². The first kappa shape index (κ1) is 16.9. The molecule has 1 fully saturated rings. The topological polar surface area (TPSA) is 76.8 Å². The Balaban J connectivity index is 2.12. The number of ether oxygens (including phenoxy) is 2. The number of halogens is 1. The van der Waals surface area contributed by atoms with E-state index in [9.17, 15) is 4.79 Å². The molecule has 0 aromatic heterocycles. The van der Waals surface area contributed by atoms with Crippen molar-refractivity contribution in [3.05, 3.63) is 22.7 Å². The highest BCUT2D eigenvalue weighted by Gasteiger charge is 2.18. The van der Waals surface area contributed by atoms with Gasteiger partial charge in [0.2, 0.25) is 0 Å². The number of nitrogens with two attached hydrogens (primary N) is 1. The van der Waals surface area contributed by atoms with E-state index in [1.165, 1.54) is 0 Å². The second-order valence-corrected chi connectivity index (χ2v) is 5.86. The second-order valence-electron chi connectivity index (χ2n) is 5.45. The third kappa shape index (κ3) is 4.50. The molecule has 6 nitrogen and oxygen atoms in total. The summed E-state index contributed by atoms with van der Waals surface area (Å²) in [6.45, 7) is 5.68. The Morgan fingerprint density at radius 2 is 2.32 bits per heavy atom. The Morgan fingerprint density at radius 3 is 2.95 bits per heavy atom. The predicted octanol–water partition coefficient (Wildman–Crippen LogP) is 1.01. The Labute approximate surface area is 135 Å². The van der Waals surface area contributed by atoms with Crippen molar-refractivity contribution in [1.29, 1.82) is 0 Å². The maximum absolute atomic E-state index is 10.8. The van der Waals surface area contributed by atoms with Gasteiger partial charge in [-0.3, -0.25) is 9.69 Å². The van der Waals surface area contributed by atoms with E-state index >= 15 is 0 Å². The van der Waals surface area contributed by atoms with Crippen LogP contribution in [0.3, 0.4) is 0 Å². The molecule has 2 rings (SSSR count). The maximum Gasteiger partial charge on any atom is 0.255 e. The van der Waals surface area contributed by atoms with Crippen molar-refractivity contribution in [3.8, 4) is 11.5 Å². The van der Waals surface area contributed by atoms with Gasteiger partial charge >= 0.3 is 0 Å². The summed E-state index contributed by atoms with van der Waals surface area (Å²) in [6, 6.07) is 4.20. The highest BCUT2D eigenvalue weighted by molar-refractivity contribution is 6.32. The molecule has 0 radical (unpaired) electrons. The van der Waals surface area contributed by atoms with Gasteiger partial charge in [0.15, 0.2) is 18.1 Å². The van der Waals surface area contributed by atoms with Gasteiger partial charge in [0, 0.05) is 32.2 Å². The molecule has 7 heteroatoms. The molecule has 0 bridgehead atoms. The van der Waals surface area contributed by atoms with Crippen molar-refractivity contribution < 1.29 is 14.3 Å². The van der Waals surface area contributed by atoms with Gasteiger partial charge < -0.3 is 20.5 Å². The number of amides is 1. The number of benzene rings is 1.